The number of aromatic nitrogens is 3. The van der Waals surface area contributed by atoms with E-state index in [9.17, 15) is 14.8 Å². The summed E-state index contributed by atoms with van der Waals surface area (Å²) in [5.74, 6) is -0.0426. The number of hydrogen-bond acceptors (Lipinski definition) is 4. The molecule has 2 aliphatic heterocycles. The fraction of sp³-hybridized carbons (Fsp3) is 0. The van der Waals surface area contributed by atoms with Crippen molar-refractivity contribution < 1.29 is 5.21 Å². The van der Waals surface area contributed by atoms with Crippen molar-refractivity contribution in [1.82, 2.24) is 14.7 Å². The first kappa shape index (κ1) is 8.76. The number of aromatic amines is 1. The third-order valence-electron chi connectivity index (χ3n) is 1.64. The highest BCUT2D eigenvalue weighted by Gasteiger charge is 2.11. The van der Waals surface area contributed by atoms with Gasteiger partial charge in [0.1, 0.15) is 0 Å². The molecule has 0 radical (unpaired) electrons. The lowest BCUT2D eigenvalue weighted by atomic mass is 10.3. The molecular weight excluding hydrogens is 210 g/mol. The highest BCUT2D eigenvalue weighted by Crippen LogP contribution is 2.17. The van der Waals surface area contributed by atoms with Crippen molar-refractivity contribution in [2.45, 2.75) is 0 Å². The van der Waals surface area contributed by atoms with Crippen molar-refractivity contribution >= 4 is 11.6 Å². The molecule has 0 bridgehead atoms. The molecule has 0 unspecified atom stereocenters. The standard InChI is InChI=1S/C7H4ClN3O3/c8-3-1-4-5(11(14)2-3)10-7(13)6(12)9-4/h1-2,14H,(H,9,12). The summed E-state index contributed by atoms with van der Waals surface area (Å²) in [5, 5.41) is 9.49. The lowest BCUT2D eigenvalue weighted by molar-refractivity contribution is 0.186. The second kappa shape index (κ2) is 2.85. The van der Waals surface area contributed by atoms with E-state index in [0.29, 0.717) is 4.73 Å². The maximum atomic E-state index is 10.9. The quantitative estimate of drug-likeness (QED) is 0.474. The van der Waals surface area contributed by atoms with Gasteiger partial charge in [-0.05, 0) is 6.07 Å². The van der Waals surface area contributed by atoms with Crippen LogP contribution in [0.15, 0.2) is 21.9 Å². The largest absolute Gasteiger partial charge is 0.427 e. The van der Waals surface area contributed by atoms with Crippen LogP contribution >= 0.6 is 11.6 Å². The van der Waals surface area contributed by atoms with Crippen LogP contribution in [0.2, 0.25) is 5.02 Å². The van der Waals surface area contributed by atoms with Crippen LogP contribution in [0.4, 0.5) is 0 Å². The summed E-state index contributed by atoms with van der Waals surface area (Å²) in [6, 6.07) is 1.39. The lowest BCUT2D eigenvalue weighted by Gasteiger charge is -2.07. The van der Waals surface area contributed by atoms with E-state index in [1.807, 2.05) is 0 Å². The molecule has 0 amide bonds. The molecule has 0 spiro atoms. The number of fused-ring (bicyclic) bond motifs is 1. The average molecular weight is 214 g/mol. The van der Waals surface area contributed by atoms with Gasteiger partial charge in [0.2, 0.25) is 0 Å². The molecule has 6 nitrogen and oxygen atoms in total. The number of nitrogens with zero attached hydrogens (tertiary/aromatic N) is 2. The first-order chi connectivity index (χ1) is 6.58. The summed E-state index contributed by atoms with van der Waals surface area (Å²) in [4.78, 5) is 27.4. The van der Waals surface area contributed by atoms with E-state index < -0.39 is 11.1 Å². The molecular formula is C7H4ClN3O3. The second-order valence-corrected chi connectivity index (χ2v) is 3.05. The summed E-state index contributed by atoms with van der Waals surface area (Å²) in [7, 11) is 0. The zero-order valence-corrected chi connectivity index (χ0v) is 7.45. The molecule has 0 aromatic heterocycles. The van der Waals surface area contributed by atoms with Crippen molar-refractivity contribution in [2.75, 3.05) is 0 Å². The SMILES string of the molecule is O=c1nc2n(O)cc(Cl)cc-2[nH]c1=O. The highest BCUT2D eigenvalue weighted by molar-refractivity contribution is 6.30. The molecule has 0 saturated heterocycles. The van der Waals surface area contributed by atoms with E-state index in [1.165, 1.54) is 6.07 Å². The highest BCUT2D eigenvalue weighted by atomic mass is 35.5. The van der Waals surface area contributed by atoms with Gasteiger partial charge in [0.15, 0.2) is 5.82 Å². The molecule has 0 fully saturated rings. The lowest BCUT2D eigenvalue weighted by Crippen LogP contribution is -2.31. The van der Waals surface area contributed by atoms with Gasteiger partial charge in [-0.1, -0.05) is 11.6 Å². The van der Waals surface area contributed by atoms with Gasteiger partial charge < -0.3 is 10.2 Å². The Bertz CT molecular complexity index is 574. The Hall–Kier alpha value is -1.82. The number of nitrogens with one attached hydrogen (secondary N) is 1. The average Bonchev–Trinajstić information content (AvgIpc) is 2.08. The number of rotatable bonds is 0. The van der Waals surface area contributed by atoms with Crippen molar-refractivity contribution in [3.63, 3.8) is 0 Å². The molecule has 0 aliphatic carbocycles. The van der Waals surface area contributed by atoms with Crippen LogP contribution in [0.3, 0.4) is 0 Å². The minimum absolute atomic E-state index is 0.0426. The van der Waals surface area contributed by atoms with E-state index >= 15 is 0 Å². The zero-order chi connectivity index (χ0) is 10.3. The van der Waals surface area contributed by atoms with Gasteiger partial charge in [-0.2, -0.15) is 9.71 Å². The maximum Gasteiger partial charge on any atom is 0.337 e. The predicted octanol–water partition coefficient (Wildman–Crippen LogP) is -0.0729. The number of hydrogen-bond donors (Lipinski definition) is 2. The molecule has 0 aromatic carbocycles. The molecule has 72 valence electrons. The predicted molar refractivity (Wildman–Crippen MR) is 47.9 cm³/mol. The van der Waals surface area contributed by atoms with E-state index in [1.54, 1.807) is 0 Å². The van der Waals surface area contributed by atoms with Crippen molar-refractivity contribution in [3.8, 4) is 11.5 Å². The van der Waals surface area contributed by atoms with Gasteiger partial charge in [0.25, 0.3) is 0 Å². The third-order valence-corrected chi connectivity index (χ3v) is 1.84. The van der Waals surface area contributed by atoms with E-state index in [-0.39, 0.29) is 16.5 Å². The molecule has 0 saturated carbocycles. The van der Waals surface area contributed by atoms with Gasteiger partial charge in [-0.15, -0.1) is 0 Å². The van der Waals surface area contributed by atoms with Crippen LogP contribution < -0.4 is 11.1 Å². The second-order valence-electron chi connectivity index (χ2n) is 2.61. The summed E-state index contributed by atoms with van der Waals surface area (Å²) in [6.07, 6.45) is 1.16. The Morgan fingerprint density at radius 1 is 1.50 bits per heavy atom. The Morgan fingerprint density at radius 2 is 2.21 bits per heavy atom. The molecule has 0 aromatic rings. The molecule has 7 heteroatoms. The van der Waals surface area contributed by atoms with Crippen LogP contribution in [0.1, 0.15) is 0 Å². The molecule has 2 rings (SSSR count). The van der Waals surface area contributed by atoms with Crippen LogP contribution in [-0.4, -0.2) is 19.9 Å². The molecule has 2 N–H and O–H groups in total. The Morgan fingerprint density at radius 3 is 2.93 bits per heavy atom. The summed E-state index contributed by atoms with van der Waals surface area (Å²) in [6.45, 7) is 0. The van der Waals surface area contributed by atoms with E-state index in [2.05, 4.69) is 9.97 Å². The molecule has 0 atom stereocenters. The van der Waals surface area contributed by atoms with Gasteiger partial charge >= 0.3 is 11.1 Å². The third kappa shape index (κ3) is 1.25. The van der Waals surface area contributed by atoms with E-state index in [0.717, 1.165) is 6.20 Å². The van der Waals surface area contributed by atoms with Gasteiger partial charge in [0, 0.05) is 0 Å². The first-order valence-corrected chi connectivity index (χ1v) is 3.97. The minimum Gasteiger partial charge on any atom is -0.427 e. The fourth-order valence-electron chi connectivity index (χ4n) is 1.07. The number of pyridine rings is 1. The smallest absolute Gasteiger partial charge is 0.337 e. The van der Waals surface area contributed by atoms with Crippen molar-refractivity contribution in [2.24, 2.45) is 0 Å². The van der Waals surface area contributed by atoms with Crippen LogP contribution in [-0.2, 0) is 0 Å². The van der Waals surface area contributed by atoms with Crippen molar-refractivity contribution in [1.29, 1.82) is 0 Å². The number of halogens is 1. The topological polar surface area (TPSA) is 88.0 Å². The molecule has 14 heavy (non-hydrogen) atoms. The Labute approximate surface area is 81.7 Å². The van der Waals surface area contributed by atoms with Crippen LogP contribution in [0.5, 0.6) is 0 Å². The van der Waals surface area contributed by atoms with Crippen LogP contribution in [0, 0.1) is 0 Å². The minimum atomic E-state index is -0.956. The van der Waals surface area contributed by atoms with Crippen molar-refractivity contribution in [3.05, 3.63) is 38.0 Å². The number of H-pyrrole nitrogens is 1. The van der Waals surface area contributed by atoms with Gasteiger partial charge in [0.05, 0.1) is 16.9 Å². The summed E-state index contributed by atoms with van der Waals surface area (Å²) in [5.41, 5.74) is -1.60. The first-order valence-electron chi connectivity index (χ1n) is 3.59. The zero-order valence-electron chi connectivity index (χ0n) is 6.69. The Balaban J connectivity index is 2.96. The van der Waals surface area contributed by atoms with Gasteiger partial charge in [-0.25, -0.2) is 0 Å². The monoisotopic (exact) mass is 213 g/mol. The summed E-state index contributed by atoms with van der Waals surface area (Å²) < 4.78 is 0.578. The van der Waals surface area contributed by atoms with Crippen LogP contribution in [0.25, 0.3) is 11.5 Å². The Kier molecular flexibility index (Phi) is 1.78. The van der Waals surface area contributed by atoms with E-state index in [4.69, 9.17) is 11.6 Å². The normalized spacial score (nSPS) is 10.6. The molecule has 2 aliphatic rings. The van der Waals surface area contributed by atoms with Gasteiger partial charge in [-0.3, -0.25) is 9.59 Å². The maximum absolute atomic E-state index is 10.9. The molecule has 2 heterocycles. The summed E-state index contributed by atoms with van der Waals surface area (Å²) >= 11 is 5.61. The fourth-order valence-corrected chi connectivity index (χ4v) is 1.27.